The van der Waals surface area contributed by atoms with Gasteiger partial charge >= 0.3 is 0 Å². The molecule has 2 fully saturated rings. The summed E-state index contributed by atoms with van der Waals surface area (Å²) in [5, 5.41) is 2.28. The number of carbonyl (C=O) groups excluding carboxylic acids is 2. The summed E-state index contributed by atoms with van der Waals surface area (Å²) in [6.07, 6.45) is 3.78. The van der Waals surface area contributed by atoms with E-state index in [1.807, 2.05) is 0 Å². The highest BCUT2D eigenvalue weighted by Crippen LogP contribution is 2.33. The van der Waals surface area contributed by atoms with Crippen LogP contribution < -0.4 is 4.90 Å². The van der Waals surface area contributed by atoms with E-state index >= 15 is 0 Å². The van der Waals surface area contributed by atoms with Crippen LogP contribution in [0.2, 0.25) is 0 Å². The fourth-order valence-corrected chi connectivity index (χ4v) is 4.33. The van der Waals surface area contributed by atoms with E-state index < -0.39 is 5.60 Å². The molecule has 8 heteroatoms. The number of rotatable bonds is 2. The van der Waals surface area contributed by atoms with Crippen LogP contribution in [0.5, 0.6) is 0 Å². The normalized spacial score (nSPS) is 23.5. The fraction of sp³-hybridized carbons (Fsp3) is 0.421. The quantitative estimate of drug-likeness (QED) is 0.792. The maximum Gasteiger partial charge on any atom is 0.282 e. The number of ether oxygens (including phenoxy) is 1. The Hall–Kier alpha value is -2.32. The molecule has 2 saturated heterocycles. The number of carbonyl (C=O) groups is 2. The van der Waals surface area contributed by atoms with Gasteiger partial charge in [0.25, 0.3) is 11.8 Å². The number of aromatic nitrogens is 1. The van der Waals surface area contributed by atoms with Crippen LogP contribution in [0.15, 0.2) is 35.8 Å². The molecule has 142 valence electrons. The Morgan fingerprint density at radius 3 is 2.96 bits per heavy atom. The number of thiazole rings is 1. The van der Waals surface area contributed by atoms with Crippen LogP contribution in [0.1, 0.15) is 29.1 Å². The summed E-state index contributed by atoms with van der Waals surface area (Å²) in [7, 11) is 0. The molecule has 2 aliphatic heterocycles. The zero-order chi connectivity index (χ0) is 18.9. The van der Waals surface area contributed by atoms with Gasteiger partial charge in [-0.2, -0.15) is 0 Å². The van der Waals surface area contributed by atoms with Crippen molar-refractivity contribution >= 4 is 28.8 Å². The number of morpholine rings is 1. The standard InChI is InChI=1S/C19H20FN3O3S/c20-14-3-1-4-15(11-14)23-13-19(26-12-16(23)24)5-2-8-22(9-6-19)18(25)17-21-7-10-27-17/h1,3-4,7,10-11H,2,5-6,8-9,12-13H2. The summed E-state index contributed by atoms with van der Waals surface area (Å²) in [5.74, 6) is -0.607. The van der Waals surface area contributed by atoms with Crippen LogP contribution in [-0.4, -0.2) is 53.5 Å². The van der Waals surface area contributed by atoms with Crippen LogP contribution in [0.3, 0.4) is 0 Å². The van der Waals surface area contributed by atoms with Crippen molar-refractivity contribution in [3.8, 4) is 0 Å². The Morgan fingerprint density at radius 2 is 2.19 bits per heavy atom. The van der Waals surface area contributed by atoms with E-state index in [2.05, 4.69) is 4.98 Å². The first kappa shape index (κ1) is 18.1. The Kier molecular flexibility index (Phi) is 4.92. The molecule has 2 aliphatic rings. The van der Waals surface area contributed by atoms with Gasteiger partial charge in [-0.3, -0.25) is 9.59 Å². The first-order chi connectivity index (χ1) is 13.1. The summed E-state index contributed by atoms with van der Waals surface area (Å²) in [5.41, 5.74) is 0.0284. The van der Waals surface area contributed by atoms with Crippen LogP contribution in [0.25, 0.3) is 0 Å². The van der Waals surface area contributed by atoms with Gasteiger partial charge in [-0.05, 0) is 37.5 Å². The molecule has 0 bridgehead atoms. The highest BCUT2D eigenvalue weighted by Gasteiger charge is 2.42. The first-order valence-electron chi connectivity index (χ1n) is 8.95. The lowest BCUT2D eigenvalue weighted by atomic mass is 9.92. The second kappa shape index (κ2) is 7.36. The average molecular weight is 389 g/mol. The van der Waals surface area contributed by atoms with Gasteiger partial charge in [-0.1, -0.05) is 6.07 Å². The molecular weight excluding hydrogens is 369 g/mol. The molecule has 3 heterocycles. The van der Waals surface area contributed by atoms with Gasteiger partial charge in [0.15, 0.2) is 5.01 Å². The lowest BCUT2D eigenvalue weighted by molar-refractivity contribution is -0.140. The third-order valence-corrected chi connectivity index (χ3v) is 5.93. The molecule has 6 nitrogen and oxygen atoms in total. The SMILES string of the molecule is O=C(c1nccs1)N1CCCC2(CC1)CN(c1cccc(F)c1)C(=O)CO2. The third kappa shape index (κ3) is 3.72. The van der Waals surface area contributed by atoms with Crippen LogP contribution >= 0.6 is 11.3 Å². The Bertz CT molecular complexity index is 844. The molecule has 1 atom stereocenters. The molecule has 0 radical (unpaired) electrons. The van der Waals surface area contributed by atoms with E-state index in [9.17, 15) is 14.0 Å². The van der Waals surface area contributed by atoms with E-state index in [1.54, 1.807) is 33.5 Å². The van der Waals surface area contributed by atoms with E-state index in [-0.39, 0.29) is 24.2 Å². The molecule has 1 aromatic heterocycles. The van der Waals surface area contributed by atoms with Crippen molar-refractivity contribution < 1.29 is 18.7 Å². The molecule has 0 saturated carbocycles. The van der Waals surface area contributed by atoms with E-state index in [1.165, 1.54) is 23.5 Å². The van der Waals surface area contributed by atoms with Crippen molar-refractivity contribution in [3.63, 3.8) is 0 Å². The zero-order valence-electron chi connectivity index (χ0n) is 14.8. The number of nitrogens with zero attached hydrogens (tertiary/aromatic N) is 3. The molecule has 0 N–H and O–H groups in total. The third-order valence-electron chi connectivity index (χ3n) is 5.17. The van der Waals surface area contributed by atoms with E-state index in [0.29, 0.717) is 36.8 Å². The summed E-state index contributed by atoms with van der Waals surface area (Å²) in [4.78, 5) is 32.5. The number of hydrogen-bond acceptors (Lipinski definition) is 5. The highest BCUT2D eigenvalue weighted by molar-refractivity contribution is 7.11. The number of benzene rings is 1. The topological polar surface area (TPSA) is 62.7 Å². The predicted molar refractivity (Wildman–Crippen MR) is 99.3 cm³/mol. The Labute approximate surface area is 160 Å². The van der Waals surface area contributed by atoms with Crippen LogP contribution in [0.4, 0.5) is 10.1 Å². The molecule has 1 unspecified atom stereocenters. The number of amides is 2. The Balaban J connectivity index is 1.50. The van der Waals surface area contributed by atoms with Gasteiger partial charge in [0.05, 0.1) is 12.1 Å². The number of hydrogen-bond donors (Lipinski definition) is 0. The molecule has 1 aromatic carbocycles. The van der Waals surface area contributed by atoms with Crippen molar-refractivity contribution in [2.75, 3.05) is 31.1 Å². The summed E-state index contributed by atoms with van der Waals surface area (Å²) in [6, 6.07) is 6.06. The van der Waals surface area contributed by atoms with Gasteiger partial charge in [-0.25, -0.2) is 9.37 Å². The molecule has 2 amide bonds. The largest absolute Gasteiger partial charge is 0.363 e. The summed E-state index contributed by atoms with van der Waals surface area (Å²) in [6.45, 7) is 1.52. The smallest absolute Gasteiger partial charge is 0.282 e. The minimum Gasteiger partial charge on any atom is -0.363 e. The lowest BCUT2D eigenvalue weighted by Crippen LogP contribution is -2.55. The van der Waals surface area contributed by atoms with Crippen molar-refractivity contribution in [2.45, 2.75) is 24.9 Å². The van der Waals surface area contributed by atoms with E-state index in [4.69, 9.17) is 4.74 Å². The van der Waals surface area contributed by atoms with Crippen molar-refractivity contribution in [1.82, 2.24) is 9.88 Å². The molecule has 4 rings (SSSR count). The zero-order valence-corrected chi connectivity index (χ0v) is 15.6. The molecular formula is C19H20FN3O3S. The molecule has 27 heavy (non-hydrogen) atoms. The van der Waals surface area contributed by atoms with Crippen molar-refractivity contribution in [2.24, 2.45) is 0 Å². The fourth-order valence-electron chi connectivity index (χ4n) is 3.73. The van der Waals surface area contributed by atoms with Gasteiger partial charge in [0.2, 0.25) is 0 Å². The van der Waals surface area contributed by atoms with Gasteiger partial charge in [0, 0.05) is 30.4 Å². The number of anilines is 1. The second-order valence-electron chi connectivity index (χ2n) is 6.91. The van der Waals surface area contributed by atoms with Crippen LogP contribution in [-0.2, 0) is 9.53 Å². The first-order valence-corrected chi connectivity index (χ1v) is 9.83. The average Bonchev–Trinajstić information content (AvgIpc) is 3.13. The predicted octanol–water partition coefficient (Wildman–Crippen LogP) is 2.71. The maximum absolute atomic E-state index is 13.6. The molecule has 2 aromatic rings. The number of likely N-dealkylation sites (tertiary alicyclic amines) is 1. The Morgan fingerprint density at radius 1 is 1.30 bits per heavy atom. The van der Waals surface area contributed by atoms with Gasteiger partial charge < -0.3 is 14.5 Å². The lowest BCUT2D eigenvalue weighted by Gasteiger charge is -2.42. The second-order valence-corrected chi connectivity index (χ2v) is 7.81. The van der Waals surface area contributed by atoms with Gasteiger partial charge in [0.1, 0.15) is 12.4 Å². The van der Waals surface area contributed by atoms with E-state index in [0.717, 1.165) is 12.8 Å². The van der Waals surface area contributed by atoms with Gasteiger partial charge in [-0.15, -0.1) is 11.3 Å². The summed E-state index contributed by atoms with van der Waals surface area (Å²) < 4.78 is 19.6. The monoisotopic (exact) mass is 389 g/mol. The van der Waals surface area contributed by atoms with Crippen LogP contribution in [0, 0.1) is 5.82 Å². The highest BCUT2D eigenvalue weighted by atomic mass is 32.1. The maximum atomic E-state index is 13.6. The molecule has 1 spiro atoms. The minimum atomic E-state index is -0.516. The number of halogens is 1. The van der Waals surface area contributed by atoms with Crippen molar-refractivity contribution in [1.29, 1.82) is 0 Å². The summed E-state index contributed by atoms with van der Waals surface area (Å²) >= 11 is 1.34. The molecule has 0 aliphatic carbocycles. The minimum absolute atomic E-state index is 0.0308. The van der Waals surface area contributed by atoms with Crippen molar-refractivity contribution in [3.05, 3.63) is 46.7 Å².